The van der Waals surface area contributed by atoms with Gasteiger partial charge in [-0.15, -0.1) is 11.8 Å². The molecule has 9 heteroatoms. The van der Waals surface area contributed by atoms with Gasteiger partial charge in [-0.2, -0.15) is 0 Å². The van der Waals surface area contributed by atoms with Crippen molar-refractivity contribution in [2.24, 2.45) is 0 Å². The zero-order valence-corrected chi connectivity index (χ0v) is 26.5. The third-order valence-corrected chi connectivity index (χ3v) is 10.5. The highest BCUT2D eigenvalue weighted by Crippen LogP contribution is 2.27. The number of hydrogen-bond donors (Lipinski definition) is 1. The molecule has 1 fully saturated rings. The number of carbonyl (C=O) groups is 2. The third kappa shape index (κ3) is 7.75. The minimum atomic E-state index is -4.09. The van der Waals surface area contributed by atoms with Crippen molar-refractivity contribution in [3.05, 3.63) is 89.5 Å². The van der Waals surface area contributed by atoms with E-state index in [2.05, 4.69) is 5.32 Å². The van der Waals surface area contributed by atoms with Crippen LogP contribution in [0.5, 0.6) is 0 Å². The van der Waals surface area contributed by atoms with Crippen LogP contribution in [0.1, 0.15) is 55.7 Å². The number of benzene rings is 3. The topological polar surface area (TPSA) is 86.8 Å². The molecule has 0 bridgehead atoms. The first kappa shape index (κ1) is 31.6. The van der Waals surface area contributed by atoms with E-state index >= 15 is 0 Å². The summed E-state index contributed by atoms with van der Waals surface area (Å²) < 4.78 is 29.2. The van der Waals surface area contributed by atoms with Crippen molar-refractivity contribution < 1.29 is 18.0 Å². The molecular formula is C33H41N3O4S2. The molecule has 0 heterocycles. The van der Waals surface area contributed by atoms with Gasteiger partial charge in [-0.3, -0.25) is 13.9 Å². The highest BCUT2D eigenvalue weighted by atomic mass is 32.2. The van der Waals surface area contributed by atoms with Crippen LogP contribution in [-0.2, 0) is 26.2 Å². The number of carbonyl (C=O) groups excluding carboxylic acids is 2. The molecule has 4 rings (SSSR count). The van der Waals surface area contributed by atoms with Gasteiger partial charge in [0.2, 0.25) is 11.8 Å². The number of amides is 2. The molecule has 0 saturated heterocycles. The van der Waals surface area contributed by atoms with Crippen molar-refractivity contribution in [3.63, 3.8) is 0 Å². The summed E-state index contributed by atoms with van der Waals surface area (Å²) in [5.74, 6) is -0.671. The summed E-state index contributed by atoms with van der Waals surface area (Å²) in [6.07, 6.45) is 7.11. The molecule has 1 saturated carbocycles. The van der Waals surface area contributed by atoms with Crippen LogP contribution in [0.3, 0.4) is 0 Å². The Morgan fingerprint density at radius 1 is 0.929 bits per heavy atom. The average Bonchev–Trinajstić information content (AvgIpc) is 3.00. The Labute approximate surface area is 254 Å². The number of nitrogens with one attached hydrogen (secondary N) is 1. The maximum Gasteiger partial charge on any atom is 0.264 e. The molecular weight excluding hydrogens is 567 g/mol. The van der Waals surface area contributed by atoms with Gasteiger partial charge in [-0.05, 0) is 87.4 Å². The maximum atomic E-state index is 14.2. The Hall–Kier alpha value is -3.30. The molecule has 2 amide bonds. The van der Waals surface area contributed by atoms with Crippen molar-refractivity contribution in [3.8, 4) is 0 Å². The van der Waals surface area contributed by atoms with E-state index in [1.54, 1.807) is 43.3 Å². The molecule has 1 aliphatic carbocycles. The summed E-state index contributed by atoms with van der Waals surface area (Å²) in [4.78, 5) is 30.2. The molecule has 224 valence electrons. The molecule has 42 heavy (non-hydrogen) atoms. The fourth-order valence-corrected chi connectivity index (χ4v) is 7.06. The number of aryl methyl sites for hydroxylation is 2. The normalized spacial score (nSPS) is 14.7. The van der Waals surface area contributed by atoms with Crippen LogP contribution in [0.2, 0.25) is 0 Å². The first-order chi connectivity index (χ1) is 20.1. The first-order valence-electron chi connectivity index (χ1n) is 14.5. The van der Waals surface area contributed by atoms with E-state index in [9.17, 15) is 18.0 Å². The van der Waals surface area contributed by atoms with E-state index in [1.807, 2.05) is 56.5 Å². The second kappa shape index (κ2) is 14.2. The molecule has 0 radical (unpaired) electrons. The van der Waals surface area contributed by atoms with Crippen LogP contribution < -0.4 is 9.62 Å². The summed E-state index contributed by atoms with van der Waals surface area (Å²) in [6, 6.07) is 20.8. The van der Waals surface area contributed by atoms with Crippen molar-refractivity contribution >= 4 is 39.3 Å². The zero-order chi connectivity index (χ0) is 30.3. The largest absolute Gasteiger partial charge is 0.352 e. The minimum absolute atomic E-state index is 0.0952. The van der Waals surface area contributed by atoms with Crippen LogP contribution in [0, 0.1) is 13.8 Å². The number of nitrogens with zero attached hydrogens (tertiary/aromatic N) is 2. The molecule has 0 aromatic heterocycles. The van der Waals surface area contributed by atoms with Gasteiger partial charge in [0.25, 0.3) is 10.0 Å². The van der Waals surface area contributed by atoms with Crippen LogP contribution in [0.15, 0.2) is 82.6 Å². The highest BCUT2D eigenvalue weighted by molar-refractivity contribution is 7.98. The summed E-state index contributed by atoms with van der Waals surface area (Å²) in [5.41, 5.74) is 3.26. The second-order valence-electron chi connectivity index (χ2n) is 11.0. The Morgan fingerprint density at radius 2 is 1.57 bits per heavy atom. The van der Waals surface area contributed by atoms with Crippen LogP contribution in [0.25, 0.3) is 0 Å². The standard InChI is InChI=1S/C33H41N3O4S2/c1-24-14-16-29(17-15-24)36(42(39,40)31-20-18-30(41-4)19-21-31)23-32(37)35(22-27-11-9-8-10-25(27)2)26(3)33(38)34-28-12-6-5-7-13-28/h8-11,14-21,26,28H,5-7,12-13,22-23H2,1-4H3,(H,34,38). The maximum absolute atomic E-state index is 14.2. The lowest BCUT2D eigenvalue weighted by Crippen LogP contribution is -2.53. The van der Waals surface area contributed by atoms with Gasteiger partial charge in [-0.25, -0.2) is 8.42 Å². The lowest BCUT2D eigenvalue weighted by atomic mass is 9.95. The Kier molecular flexibility index (Phi) is 10.7. The average molecular weight is 608 g/mol. The third-order valence-electron chi connectivity index (χ3n) is 7.97. The van der Waals surface area contributed by atoms with E-state index in [-0.39, 0.29) is 23.4 Å². The molecule has 3 aromatic carbocycles. The van der Waals surface area contributed by atoms with Crippen LogP contribution in [-0.4, -0.2) is 50.0 Å². The number of thioether (sulfide) groups is 1. The summed E-state index contributed by atoms with van der Waals surface area (Å²) >= 11 is 1.52. The molecule has 1 N–H and O–H groups in total. The lowest BCUT2D eigenvalue weighted by Gasteiger charge is -2.33. The van der Waals surface area contributed by atoms with Gasteiger partial charge in [0.1, 0.15) is 12.6 Å². The van der Waals surface area contributed by atoms with Gasteiger partial charge in [0.05, 0.1) is 10.6 Å². The Bertz CT molecular complexity index is 1470. The Morgan fingerprint density at radius 3 is 2.19 bits per heavy atom. The van der Waals surface area contributed by atoms with E-state index in [1.165, 1.54) is 23.1 Å². The molecule has 7 nitrogen and oxygen atoms in total. The molecule has 1 aliphatic rings. The van der Waals surface area contributed by atoms with Crippen molar-refractivity contribution in [2.45, 2.75) is 81.3 Å². The fraction of sp³-hybridized carbons (Fsp3) is 0.394. The molecule has 0 aliphatic heterocycles. The van der Waals surface area contributed by atoms with Crippen molar-refractivity contribution in [2.75, 3.05) is 17.1 Å². The predicted molar refractivity (Wildman–Crippen MR) is 170 cm³/mol. The summed E-state index contributed by atoms with van der Waals surface area (Å²) in [5, 5.41) is 3.15. The molecule has 1 unspecified atom stereocenters. The van der Waals surface area contributed by atoms with Gasteiger partial charge in [0, 0.05) is 17.5 Å². The molecule has 0 spiro atoms. The summed E-state index contributed by atoms with van der Waals surface area (Å²) in [6.45, 7) is 5.36. The monoisotopic (exact) mass is 607 g/mol. The van der Waals surface area contributed by atoms with Gasteiger partial charge in [-0.1, -0.05) is 61.2 Å². The van der Waals surface area contributed by atoms with Crippen molar-refractivity contribution in [1.29, 1.82) is 0 Å². The fourth-order valence-electron chi connectivity index (χ4n) is 5.24. The Balaban J connectivity index is 1.68. The summed E-state index contributed by atoms with van der Waals surface area (Å²) in [7, 11) is -4.09. The number of rotatable bonds is 11. The van der Waals surface area contributed by atoms with Gasteiger partial charge < -0.3 is 10.2 Å². The second-order valence-corrected chi connectivity index (χ2v) is 13.7. The number of sulfonamides is 1. The van der Waals surface area contributed by atoms with Gasteiger partial charge in [0.15, 0.2) is 0 Å². The zero-order valence-electron chi connectivity index (χ0n) is 24.9. The highest BCUT2D eigenvalue weighted by Gasteiger charge is 2.33. The smallest absolute Gasteiger partial charge is 0.264 e. The number of anilines is 1. The predicted octanol–water partition coefficient (Wildman–Crippen LogP) is 6.09. The SMILES string of the molecule is CSc1ccc(S(=O)(=O)N(CC(=O)N(Cc2ccccc2C)C(C)C(=O)NC2CCCCC2)c2ccc(C)cc2)cc1. The van der Waals surface area contributed by atoms with Gasteiger partial charge >= 0.3 is 0 Å². The molecule has 1 atom stereocenters. The minimum Gasteiger partial charge on any atom is -0.352 e. The van der Waals surface area contributed by atoms with E-state index in [0.29, 0.717) is 5.69 Å². The lowest BCUT2D eigenvalue weighted by molar-refractivity contribution is -0.139. The van der Waals surface area contributed by atoms with E-state index in [0.717, 1.165) is 51.6 Å². The van der Waals surface area contributed by atoms with Crippen molar-refractivity contribution in [1.82, 2.24) is 10.2 Å². The number of hydrogen-bond acceptors (Lipinski definition) is 5. The van der Waals surface area contributed by atoms with Crippen LogP contribution >= 0.6 is 11.8 Å². The quantitative estimate of drug-likeness (QED) is 0.267. The van der Waals surface area contributed by atoms with E-state index in [4.69, 9.17) is 0 Å². The molecule has 3 aromatic rings. The van der Waals surface area contributed by atoms with E-state index < -0.39 is 28.5 Å². The van der Waals surface area contributed by atoms with Crippen LogP contribution in [0.4, 0.5) is 5.69 Å². The first-order valence-corrected chi connectivity index (χ1v) is 17.1.